The van der Waals surface area contributed by atoms with E-state index in [2.05, 4.69) is 41.5 Å². The van der Waals surface area contributed by atoms with Gasteiger partial charge in [-0.25, -0.2) is 9.13 Å². The predicted molar refractivity (Wildman–Crippen MR) is 451 cm³/mol. The number of aliphatic hydroxyl groups excluding tert-OH is 1. The third kappa shape index (κ3) is 82.4. The fourth-order valence-corrected chi connectivity index (χ4v) is 15.7. The molecule has 3 N–H and O–H groups in total. The number of hydrogen-bond donors (Lipinski definition) is 3. The van der Waals surface area contributed by atoms with Crippen LogP contribution in [0.25, 0.3) is 0 Å². The topological polar surface area (TPSA) is 237 Å². The van der Waals surface area contributed by atoms with Gasteiger partial charge in [-0.05, 0) is 37.5 Å². The average molecular weight is 1590 g/mol. The number of esters is 4. The Labute approximate surface area is 670 Å². The van der Waals surface area contributed by atoms with Crippen LogP contribution in [0.3, 0.4) is 0 Å². The van der Waals surface area contributed by atoms with Crippen LogP contribution in [-0.4, -0.2) is 96.7 Å². The molecule has 0 bridgehead atoms. The van der Waals surface area contributed by atoms with E-state index in [1.807, 2.05) is 0 Å². The third-order valence-electron chi connectivity index (χ3n) is 21.6. The molecule has 0 heterocycles. The zero-order valence-corrected chi connectivity index (χ0v) is 73.7. The first-order valence-corrected chi connectivity index (χ1v) is 49.5. The summed E-state index contributed by atoms with van der Waals surface area (Å²) in [6.45, 7) is 9.67. The van der Waals surface area contributed by atoms with Crippen LogP contribution in [0.2, 0.25) is 0 Å². The zero-order chi connectivity index (χ0) is 79.9. The van der Waals surface area contributed by atoms with Crippen LogP contribution in [-0.2, 0) is 65.4 Å². The lowest BCUT2D eigenvalue weighted by atomic mass is 9.99. The van der Waals surface area contributed by atoms with Crippen molar-refractivity contribution in [3.8, 4) is 0 Å². The quantitative estimate of drug-likeness (QED) is 0.0222. The molecule has 109 heavy (non-hydrogen) atoms. The predicted octanol–water partition coefficient (Wildman–Crippen LogP) is 27.8. The lowest BCUT2D eigenvalue weighted by Gasteiger charge is -2.21. The Morgan fingerprint density at radius 1 is 0.266 bits per heavy atom. The first kappa shape index (κ1) is 107. The maximum Gasteiger partial charge on any atom is 0.472 e. The minimum absolute atomic E-state index is 0.106. The van der Waals surface area contributed by atoms with Gasteiger partial charge in [-0.1, -0.05) is 433 Å². The number of carbonyl (C=O) groups is 4. The molecule has 3 unspecified atom stereocenters. The van der Waals surface area contributed by atoms with E-state index >= 15 is 0 Å². The Morgan fingerprint density at radius 2 is 0.468 bits per heavy atom. The molecule has 6 atom stereocenters. The smallest absolute Gasteiger partial charge is 0.462 e. The molecule has 0 spiro atoms. The van der Waals surface area contributed by atoms with Crippen molar-refractivity contribution in [2.45, 2.75) is 503 Å². The maximum absolute atomic E-state index is 13.2. The molecule has 19 heteroatoms. The van der Waals surface area contributed by atoms with E-state index in [4.69, 9.17) is 37.0 Å². The standard InChI is InChI=1S/C90H176O17P2/c1-7-10-12-14-16-18-20-22-24-26-28-30-32-34-36-38-40-42-47-54-60-66-72-87(92)100-78-85(106-89(94)74-68-62-56-48-43-41-39-37-35-33-31-29-27-25-23-21-19-17-15-13-11-8-2)80-104-108(96,97)102-76-84(91)77-103-109(98,99)105-81-86(79-101-88(93)73-67-61-55-51-50-52-58-64-70-82(4)5)107-90(95)75-69-63-57-49-45-44-46-53-59-65-71-83(6)9-3/h82-86,91H,7-81H2,1-6H3,(H,96,97)(H,98,99)/t83?,84-,85-,86-/m1/s1. The molecular weight excluding hydrogens is 1410 g/mol. The van der Waals surface area contributed by atoms with Gasteiger partial charge in [-0.2, -0.15) is 0 Å². The van der Waals surface area contributed by atoms with Crippen molar-refractivity contribution in [2.24, 2.45) is 11.8 Å². The third-order valence-corrected chi connectivity index (χ3v) is 23.5. The Kier molecular flexibility index (Phi) is 79.8. The van der Waals surface area contributed by atoms with Gasteiger partial charge in [-0.15, -0.1) is 0 Å². The number of unbranched alkanes of at least 4 members (excludes halogenated alkanes) is 58. The second-order valence-electron chi connectivity index (χ2n) is 33.1. The zero-order valence-electron chi connectivity index (χ0n) is 71.9. The molecule has 0 aromatic carbocycles. The summed E-state index contributed by atoms with van der Waals surface area (Å²) in [5.74, 6) is -0.572. The van der Waals surface area contributed by atoms with Crippen LogP contribution >= 0.6 is 15.6 Å². The summed E-state index contributed by atoms with van der Waals surface area (Å²) in [5.41, 5.74) is 0. The van der Waals surface area contributed by atoms with Crippen LogP contribution in [0, 0.1) is 11.8 Å². The molecule has 648 valence electrons. The van der Waals surface area contributed by atoms with E-state index in [1.165, 1.54) is 302 Å². The Bertz CT molecular complexity index is 2080. The molecule has 0 fully saturated rings. The van der Waals surface area contributed by atoms with Crippen molar-refractivity contribution in [3.05, 3.63) is 0 Å². The van der Waals surface area contributed by atoms with Gasteiger partial charge in [0.2, 0.25) is 0 Å². The highest BCUT2D eigenvalue weighted by Gasteiger charge is 2.31. The van der Waals surface area contributed by atoms with Gasteiger partial charge in [0, 0.05) is 25.7 Å². The molecule has 0 aromatic rings. The second kappa shape index (κ2) is 81.2. The highest BCUT2D eigenvalue weighted by molar-refractivity contribution is 7.47. The first-order valence-electron chi connectivity index (χ1n) is 46.5. The number of ether oxygens (including phenoxy) is 4. The van der Waals surface area contributed by atoms with Crippen molar-refractivity contribution < 1.29 is 80.2 Å². The molecule has 0 radical (unpaired) electrons. The van der Waals surface area contributed by atoms with Crippen molar-refractivity contribution in [1.82, 2.24) is 0 Å². The highest BCUT2D eigenvalue weighted by Crippen LogP contribution is 2.45. The highest BCUT2D eigenvalue weighted by atomic mass is 31.2. The average Bonchev–Trinajstić information content (AvgIpc) is 0.920. The molecule has 0 saturated carbocycles. The first-order chi connectivity index (χ1) is 52.9. The lowest BCUT2D eigenvalue weighted by Crippen LogP contribution is -2.30. The summed E-state index contributed by atoms with van der Waals surface area (Å²) in [4.78, 5) is 73.3. The molecule has 0 saturated heterocycles. The van der Waals surface area contributed by atoms with Gasteiger partial charge < -0.3 is 33.8 Å². The van der Waals surface area contributed by atoms with E-state index in [-0.39, 0.29) is 25.7 Å². The van der Waals surface area contributed by atoms with Gasteiger partial charge in [0.25, 0.3) is 0 Å². The van der Waals surface area contributed by atoms with E-state index in [0.717, 1.165) is 102 Å². The summed E-state index contributed by atoms with van der Waals surface area (Å²) in [7, 11) is -9.93. The van der Waals surface area contributed by atoms with Crippen LogP contribution in [0.5, 0.6) is 0 Å². The van der Waals surface area contributed by atoms with Crippen LogP contribution < -0.4 is 0 Å². The van der Waals surface area contributed by atoms with Crippen molar-refractivity contribution in [3.63, 3.8) is 0 Å². The second-order valence-corrected chi connectivity index (χ2v) is 36.0. The maximum atomic E-state index is 13.2. The van der Waals surface area contributed by atoms with Crippen molar-refractivity contribution in [2.75, 3.05) is 39.6 Å². The summed E-state index contributed by atoms with van der Waals surface area (Å²) in [6.07, 6.45) is 75.3. The van der Waals surface area contributed by atoms with E-state index < -0.39 is 97.5 Å². The number of carbonyl (C=O) groups excluding carboxylic acids is 4. The Hall–Kier alpha value is -1.94. The minimum Gasteiger partial charge on any atom is -0.462 e. The summed E-state index contributed by atoms with van der Waals surface area (Å²) < 4.78 is 69.0. The van der Waals surface area contributed by atoms with E-state index in [0.29, 0.717) is 25.7 Å². The fourth-order valence-electron chi connectivity index (χ4n) is 14.1. The molecule has 17 nitrogen and oxygen atoms in total. The number of hydrogen-bond acceptors (Lipinski definition) is 15. The Balaban J connectivity index is 5.21. The number of rotatable bonds is 89. The van der Waals surface area contributed by atoms with E-state index in [1.54, 1.807) is 0 Å². The number of phosphoric ester groups is 2. The van der Waals surface area contributed by atoms with Gasteiger partial charge >= 0.3 is 39.5 Å². The van der Waals surface area contributed by atoms with Gasteiger partial charge in [-0.3, -0.25) is 37.3 Å². The normalized spacial score (nSPS) is 14.0. The molecule has 0 aliphatic carbocycles. The largest absolute Gasteiger partial charge is 0.472 e. The molecular formula is C90H176O17P2. The van der Waals surface area contributed by atoms with Gasteiger partial charge in [0.05, 0.1) is 26.4 Å². The molecule has 0 aromatic heterocycles. The lowest BCUT2D eigenvalue weighted by molar-refractivity contribution is -0.161. The molecule has 0 aliphatic rings. The molecule has 0 amide bonds. The fraction of sp³-hybridized carbons (Fsp3) is 0.956. The Morgan fingerprint density at radius 3 is 0.697 bits per heavy atom. The van der Waals surface area contributed by atoms with Crippen LogP contribution in [0.4, 0.5) is 0 Å². The molecule has 0 rings (SSSR count). The van der Waals surface area contributed by atoms with Gasteiger partial charge in [0.15, 0.2) is 12.2 Å². The SMILES string of the molecule is CCCCCCCCCCCCCCCCCCCCCCCCC(=O)OC[C@H](COP(=O)(O)OC[C@@H](O)COP(=O)(O)OC[C@@H](COC(=O)CCCCCCCCCCC(C)C)OC(=O)CCCCCCCCCCCCC(C)CC)OC(=O)CCCCCCCCCCCCCCCCCCCCCCCC. The number of phosphoric acid groups is 2. The summed E-state index contributed by atoms with van der Waals surface area (Å²) in [5, 5.41) is 10.7. The molecule has 0 aliphatic heterocycles. The van der Waals surface area contributed by atoms with Crippen LogP contribution in [0.15, 0.2) is 0 Å². The van der Waals surface area contributed by atoms with Crippen molar-refractivity contribution >= 4 is 39.5 Å². The van der Waals surface area contributed by atoms with E-state index in [9.17, 15) is 43.2 Å². The minimum atomic E-state index is -4.97. The number of aliphatic hydroxyl groups is 1. The summed E-state index contributed by atoms with van der Waals surface area (Å²) in [6, 6.07) is 0. The van der Waals surface area contributed by atoms with Gasteiger partial charge in [0.1, 0.15) is 19.3 Å². The summed E-state index contributed by atoms with van der Waals surface area (Å²) >= 11 is 0. The monoisotopic (exact) mass is 1590 g/mol. The van der Waals surface area contributed by atoms with Crippen molar-refractivity contribution in [1.29, 1.82) is 0 Å². The van der Waals surface area contributed by atoms with Crippen LogP contribution in [0.1, 0.15) is 485 Å².